The number of ether oxygens (including phenoxy) is 1. The highest BCUT2D eigenvalue weighted by Gasteiger charge is 2.17. The summed E-state index contributed by atoms with van der Waals surface area (Å²) < 4.78 is 5.38. The van der Waals surface area contributed by atoms with Crippen molar-refractivity contribution in [3.8, 4) is 0 Å². The zero-order valence-electron chi connectivity index (χ0n) is 15.6. The Hall–Kier alpha value is -3.00. The zero-order chi connectivity index (χ0) is 19.1. The number of aromatic nitrogens is 3. The van der Waals surface area contributed by atoms with Crippen molar-refractivity contribution >= 4 is 23.9 Å². The summed E-state index contributed by atoms with van der Waals surface area (Å²) in [5.74, 6) is 1.51. The van der Waals surface area contributed by atoms with Gasteiger partial charge in [0.25, 0.3) is 0 Å². The summed E-state index contributed by atoms with van der Waals surface area (Å²) >= 11 is 0. The predicted molar refractivity (Wildman–Crippen MR) is 105 cm³/mol. The quantitative estimate of drug-likeness (QED) is 0.765. The molecule has 8 nitrogen and oxygen atoms in total. The van der Waals surface area contributed by atoms with Crippen LogP contribution in [0.25, 0.3) is 6.08 Å². The maximum Gasteiger partial charge on any atom is 0.244 e. The highest BCUT2D eigenvalue weighted by Crippen LogP contribution is 2.14. The number of benzene rings is 1. The van der Waals surface area contributed by atoms with Crippen molar-refractivity contribution in [1.82, 2.24) is 20.3 Å². The van der Waals surface area contributed by atoms with Gasteiger partial charge in [-0.1, -0.05) is 30.3 Å². The Morgan fingerprint density at radius 2 is 1.93 bits per heavy atom. The molecule has 1 aliphatic heterocycles. The molecule has 1 fully saturated rings. The number of carbonyl (C=O) groups is 1. The Bertz CT molecular complexity index is 788. The summed E-state index contributed by atoms with van der Waals surface area (Å²) in [5, 5.41) is 2.83. The molecule has 27 heavy (non-hydrogen) atoms. The monoisotopic (exact) mass is 368 g/mol. The summed E-state index contributed by atoms with van der Waals surface area (Å²) in [7, 11) is 3.76. The van der Waals surface area contributed by atoms with Gasteiger partial charge in [-0.3, -0.25) is 4.79 Å². The number of rotatable bonds is 6. The van der Waals surface area contributed by atoms with E-state index in [9.17, 15) is 4.79 Å². The number of anilines is 2. The standard InChI is InChI=1S/C19H24N6O2/c1-24(2)18-21-16(22-19(23-18)25-10-12-27-13-11-25)14-20-17(26)9-8-15-6-4-3-5-7-15/h3-9H,10-14H2,1-2H3,(H,20,26)/b9-8+. The van der Waals surface area contributed by atoms with E-state index in [0.717, 1.165) is 18.7 Å². The lowest BCUT2D eigenvalue weighted by atomic mass is 10.2. The predicted octanol–water partition coefficient (Wildman–Crippen LogP) is 1.10. The van der Waals surface area contributed by atoms with Gasteiger partial charge in [-0.25, -0.2) is 0 Å². The highest BCUT2D eigenvalue weighted by molar-refractivity contribution is 5.91. The first-order valence-corrected chi connectivity index (χ1v) is 8.88. The van der Waals surface area contributed by atoms with E-state index in [0.29, 0.717) is 30.9 Å². The Labute approximate surface area is 158 Å². The molecule has 1 saturated heterocycles. The minimum atomic E-state index is -0.196. The number of carbonyl (C=O) groups excluding carboxylic acids is 1. The summed E-state index contributed by atoms with van der Waals surface area (Å²) in [6.45, 7) is 3.02. The number of hydrogen-bond acceptors (Lipinski definition) is 7. The number of hydrogen-bond donors (Lipinski definition) is 1. The fourth-order valence-electron chi connectivity index (χ4n) is 2.54. The first-order valence-electron chi connectivity index (χ1n) is 8.88. The van der Waals surface area contributed by atoms with Crippen LogP contribution in [0.2, 0.25) is 0 Å². The molecule has 0 spiro atoms. The van der Waals surface area contributed by atoms with Crippen LogP contribution in [-0.4, -0.2) is 61.3 Å². The Morgan fingerprint density at radius 1 is 1.19 bits per heavy atom. The lowest BCUT2D eigenvalue weighted by Gasteiger charge is -2.27. The van der Waals surface area contributed by atoms with Gasteiger partial charge in [0.05, 0.1) is 19.8 Å². The van der Waals surface area contributed by atoms with Crippen molar-refractivity contribution in [1.29, 1.82) is 0 Å². The molecule has 8 heteroatoms. The number of amides is 1. The molecular weight excluding hydrogens is 344 g/mol. The molecular formula is C19H24N6O2. The maximum absolute atomic E-state index is 12.1. The largest absolute Gasteiger partial charge is 0.378 e. The molecule has 0 saturated carbocycles. The summed E-state index contributed by atoms with van der Waals surface area (Å²) in [4.78, 5) is 29.4. The number of morpholine rings is 1. The normalized spacial score (nSPS) is 14.4. The lowest BCUT2D eigenvalue weighted by Crippen LogP contribution is -2.38. The van der Waals surface area contributed by atoms with Crippen molar-refractivity contribution in [3.63, 3.8) is 0 Å². The van der Waals surface area contributed by atoms with Crippen molar-refractivity contribution in [3.05, 3.63) is 47.8 Å². The first-order chi connectivity index (χ1) is 13.1. The van der Waals surface area contributed by atoms with Gasteiger partial charge in [0.1, 0.15) is 0 Å². The third kappa shape index (κ3) is 5.49. The molecule has 1 aromatic heterocycles. The van der Waals surface area contributed by atoms with Crippen molar-refractivity contribution < 1.29 is 9.53 Å². The number of nitrogens with zero attached hydrogens (tertiary/aromatic N) is 5. The van der Waals surface area contributed by atoms with Crippen LogP contribution in [0.3, 0.4) is 0 Å². The fraction of sp³-hybridized carbons (Fsp3) is 0.368. The van der Waals surface area contributed by atoms with Gasteiger partial charge in [0.2, 0.25) is 17.8 Å². The maximum atomic E-state index is 12.1. The van der Waals surface area contributed by atoms with Crippen LogP contribution in [0, 0.1) is 0 Å². The van der Waals surface area contributed by atoms with Crippen LogP contribution in [0.5, 0.6) is 0 Å². The van der Waals surface area contributed by atoms with E-state index in [-0.39, 0.29) is 12.5 Å². The second-order valence-corrected chi connectivity index (χ2v) is 6.31. The van der Waals surface area contributed by atoms with E-state index >= 15 is 0 Å². The SMILES string of the molecule is CN(C)c1nc(CNC(=O)/C=C/c2ccccc2)nc(N2CCOCC2)n1. The Morgan fingerprint density at radius 3 is 2.63 bits per heavy atom. The molecule has 1 aromatic carbocycles. The topological polar surface area (TPSA) is 83.5 Å². The smallest absolute Gasteiger partial charge is 0.244 e. The van der Waals surface area contributed by atoms with Crippen molar-refractivity contribution in [2.75, 3.05) is 50.2 Å². The lowest BCUT2D eigenvalue weighted by molar-refractivity contribution is -0.116. The summed E-state index contributed by atoms with van der Waals surface area (Å²) in [6.07, 6.45) is 3.28. The molecule has 1 amide bonds. The summed E-state index contributed by atoms with van der Waals surface area (Å²) in [5.41, 5.74) is 0.970. The third-order valence-corrected chi connectivity index (χ3v) is 4.00. The van der Waals surface area contributed by atoms with Gasteiger partial charge < -0.3 is 19.9 Å². The van der Waals surface area contributed by atoms with Crippen LogP contribution >= 0.6 is 0 Å². The van der Waals surface area contributed by atoms with Crippen molar-refractivity contribution in [2.45, 2.75) is 6.54 Å². The van der Waals surface area contributed by atoms with Gasteiger partial charge >= 0.3 is 0 Å². The van der Waals surface area contributed by atoms with Gasteiger partial charge in [-0.15, -0.1) is 0 Å². The molecule has 1 aliphatic rings. The molecule has 0 atom stereocenters. The molecule has 3 rings (SSSR count). The second-order valence-electron chi connectivity index (χ2n) is 6.31. The van der Waals surface area contributed by atoms with E-state index in [1.165, 1.54) is 6.08 Å². The molecule has 2 aromatic rings. The average molecular weight is 368 g/mol. The van der Waals surface area contributed by atoms with E-state index in [4.69, 9.17) is 4.74 Å². The molecule has 0 radical (unpaired) electrons. The minimum absolute atomic E-state index is 0.196. The molecule has 1 N–H and O–H groups in total. The van der Waals surface area contributed by atoms with E-state index in [1.807, 2.05) is 49.3 Å². The molecule has 0 bridgehead atoms. The van der Waals surface area contributed by atoms with Gasteiger partial charge in [0.15, 0.2) is 5.82 Å². The van der Waals surface area contributed by atoms with Crippen LogP contribution in [0.15, 0.2) is 36.4 Å². The van der Waals surface area contributed by atoms with Gasteiger partial charge in [-0.05, 0) is 11.6 Å². The molecule has 0 aliphatic carbocycles. The second kappa shape index (κ2) is 9.09. The summed E-state index contributed by atoms with van der Waals surface area (Å²) in [6, 6.07) is 9.67. The van der Waals surface area contributed by atoms with Crippen LogP contribution < -0.4 is 15.1 Å². The molecule has 0 unspecified atom stereocenters. The Balaban J connectivity index is 1.67. The molecule has 142 valence electrons. The van der Waals surface area contributed by atoms with Crippen LogP contribution in [0.4, 0.5) is 11.9 Å². The van der Waals surface area contributed by atoms with Crippen LogP contribution in [0.1, 0.15) is 11.4 Å². The highest BCUT2D eigenvalue weighted by atomic mass is 16.5. The average Bonchev–Trinajstić information content (AvgIpc) is 2.72. The Kier molecular flexibility index (Phi) is 6.32. The first kappa shape index (κ1) is 18.8. The van der Waals surface area contributed by atoms with Gasteiger partial charge in [0, 0.05) is 33.3 Å². The van der Waals surface area contributed by atoms with E-state index < -0.39 is 0 Å². The van der Waals surface area contributed by atoms with E-state index in [2.05, 4.69) is 25.2 Å². The van der Waals surface area contributed by atoms with Gasteiger partial charge in [-0.2, -0.15) is 15.0 Å². The third-order valence-electron chi connectivity index (χ3n) is 4.00. The van der Waals surface area contributed by atoms with E-state index in [1.54, 1.807) is 6.08 Å². The fourth-order valence-corrected chi connectivity index (χ4v) is 2.54. The van der Waals surface area contributed by atoms with Crippen LogP contribution in [-0.2, 0) is 16.1 Å². The minimum Gasteiger partial charge on any atom is -0.378 e. The van der Waals surface area contributed by atoms with Crippen molar-refractivity contribution in [2.24, 2.45) is 0 Å². The zero-order valence-corrected chi connectivity index (χ0v) is 15.6. The number of nitrogens with one attached hydrogen (secondary N) is 1. The molecule has 2 heterocycles.